The van der Waals surface area contributed by atoms with Gasteiger partial charge in [-0.05, 0) is 42.3 Å². The van der Waals surface area contributed by atoms with E-state index >= 15 is 0 Å². The highest BCUT2D eigenvalue weighted by atomic mass is 16.2. The number of benzene rings is 2. The molecule has 0 atom stereocenters. The fourth-order valence-corrected chi connectivity index (χ4v) is 2.83. The lowest BCUT2D eigenvalue weighted by Crippen LogP contribution is -2.33. The van der Waals surface area contributed by atoms with Gasteiger partial charge in [-0.15, -0.1) is 0 Å². The van der Waals surface area contributed by atoms with Crippen molar-refractivity contribution >= 4 is 34.2 Å². The Hall–Kier alpha value is -3.41. The van der Waals surface area contributed by atoms with E-state index < -0.39 is 0 Å². The maximum absolute atomic E-state index is 12.5. The minimum Gasteiger partial charge on any atom is -0.334 e. The molecule has 0 saturated heterocycles. The minimum atomic E-state index is -0.265. The van der Waals surface area contributed by atoms with Crippen molar-refractivity contribution in [2.75, 3.05) is 10.6 Å². The molecule has 6 nitrogen and oxygen atoms in total. The second-order valence-electron chi connectivity index (χ2n) is 6.05. The maximum Gasteiger partial charge on any atom is 0.319 e. The number of aryl methyl sites for hydroxylation is 1. The number of hydrogen-bond acceptors (Lipinski definition) is 3. The fourth-order valence-electron chi connectivity index (χ4n) is 2.83. The lowest BCUT2D eigenvalue weighted by atomic mass is 10.1. The Balaban J connectivity index is 1.58. The predicted molar refractivity (Wildman–Crippen MR) is 96.7 cm³/mol. The average Bonchev–Trinajstić information content (AvgIpc) is 2.61. The summed E-state index contributed by atoms with van der Waals surface area (Å²) in [5.41, 5.74) is 4.74. The molecule has 0 saturated carbocycles. The Morgan fingerprint density at radius 1 is 1.16 bits per heavy atom. The van der Waals surface area contributed by atoms with E-state index in [2.05, 4.69) is 20.9 Å². The third-order valence-corrected chi connectivity index (χ3v) is 4.16. The Morgan fingerprint density at radius 3 is 2.92 bits per heavy atom. The van der Waals surface area contributed by atoms with Crippen molar-refractivity contribution in [1.29, 1.82) is 0 Å². The molecule has 0 spiro atoms. The summed E-state index contributed by atoms with van der Waals surface area (Å²) in [5, 5.41) is 9.21. The van der Waals surface area contributed by atoms with Gasteiger partial charge in [-0.2, -0.15) is 0 Å². The molecule has 3 N–H and O–H groups in total. The van der Waals surface area contributed by atoms with Gasteiger partial charge in [0.15, 0.2) is 0 Å². The van der Waals surface area contributed by atoms with Gasteiger partial charge in [0, 0.05) is 23.2 Å². The molecular weight excluding hydrogens is 316 g/mol. The van der Waals surface area contributed by atoms with Gasteiger partial charge in [0.1, 0.15) is 0 Å². The van der Waals surface area contributed by atoms with Gasteiger partial charge >= 0.3 is 6.03 Å². The number of nitrogens with zero attached hydrogens (tertiary/aromatic N) is 1. The molecule has 2 heterocycles. The van der Waals surface area contributed by atoms with Crippen molar-refractivity contribution in [3.8, 4) is 0 Å². The van der Waals surface area contributed by atoms with Crippen LogP contribution in [0.25, 0.3) is 10.9 Å². The van der Waals surface area contributed by atoms with Crippen LogP contribution in [0.1, 0.15) is 21.5 Å². The van der Waals surface area contributed by atoms with Gasteiger partial charge < -0.3 is 16.0 Å². The first-order valence-corrected chi connectivity index (χ1v) is 7.94. The number of amides is 3. The molecule has 4 rings (SSSR count). The summed E-state index contributed by atoms with van der Waals surface area (Å²) in [6.07, 6.45) is 1.64. The molecule has 2 aromatic carbocycles. The number of hydrogen-bond donors (Lipinski definition) is 3. The van der Waals surface area contributed by atoms with E-state index in [-0.39, 0.29) is 11.9 Å². The topological polar surface area (TPSA) is 83.1 Å². The van der Waals surface area contributed by atoms with E-state index in [9.17, 15) is 9.59 Å². The minimum absolute atomic E-state index is 0.246. The molecule has 1 aromatic heterocycles. The molecule has 1 aliphatic rings. The van der Waals surface area contributed by atoms with E-state index in [1.165, 1.54) is 0 Å². The molecule has 6 heteroatoms. The van der Waals surface area contributed by atoms with Crippen LogP contribution in [-0.2, 0) is 6.54 Å². The molecule has 0 unspecified atom stereocenters. The molecule has 3 amide bonds. The summed E-state index contributed by atoms with van der Waals surface area (Å²) in [4.78, 5) is 28.3. The predicted octanol–water partition coefficient (Wildman–Crippen LogP) is 3.43. The van der Waals surface area contributed by atoms with Crippen LogP contribution >= 0.6 is 0 Å². The van der Waals surface area contributed by atoms with Gasteiger partial charge in [-0.3, -0.25) is 9.78 Å². The van der Waals surface area contributed by atoms with E-state index in [4.69, 9.17) is 0 Å². The van der Waals surface area contributed by atoms with E-state index in [0.29, 0.717) is 23.5 Å². The largest absolute Gasteiger partial charge is 0.334 e. The highest BCUT2D eigenvalue weighted by Crippen LogP contribution is 2.22. The second kappa shape index (κ2) is 5.90. The molecule has 3 aromatic rings. The Bertz CT molecular complexity index is 1010. The van der Waals surface area contributed by atoms with Gasteiger partial charge in [0.2, 0.25) is 0 Å². The highest BCUT2D eigenvalue weighted by Gasteiger charge is 2.16. The summed E-state index contributed by atoms with van der Waals surface area (Å²) < 4.78 is 0. The molecular formula is C19H16N4O2. The van der Waals surface area contributed by atoms with Gasteiger partial charge in [0.25, 0.3) is 5.91 Å². The summed E-state index contributed by atoms with van der Waals surface area (Å²) in [7, 11) is 0. The first-order chi connectivity index (χ1) is 12.1. The van der Waals surface area contributed by atoms with Crippen molar-refractivity contribution < 1.29 is 9.59 Å². The Kier molecular flexibility index (Phi) is 3.57. The SMILES string of the molecule is Cc1ccc2cc(NC(=O)c3ccc4c(c3)NC(=O)NC4)cnc2c1. The molecule has 25 heavy (non-hydrogen) atoms. The number of urea groups is 1. The van der Waals surface area contributed by atoms with Crippen LogP contribution in [0.15, 0.2) is 48.7 Å². The smallest absolute Gasteiger partial charge is 0.319 e. The standard InChI is InChI=1S/C19H16N4O2/c1-11-2-3-12-7-15(10-20-16(12)6-11)22-18(24)13-4-5-14-9-21-19(25)23-17(14)8-13/h2-8,10H,9H2,1H3,(H,22,24)(H2,21,23,25). The summed E-state index contributed by atoms with van der Waals surface area (Å²) in [6.45, 7) is 2.47. The normalized spacial score (nSPS) is 12.9. The van der Waals surface area contributed by atoms with E-state index in [0.717, 1.165) is 22.0 Å². The van der Waals surface area contributed by atoms with Crippen LogP contribution < -0.4 is 16.0 Å². The van der Waals surface area contributed by atoms with Crippen molar-refractivity contribution in [1.82, 2.24) is 10.3 Å². The number of rotatable bonds is 2. The number of pyridine rings is 1. The quantitative estimate of drug-likeness (QED) is 0.672. The Morgan fingerprint density at radius 2 is 2.04 bits per heavy atom. The summed E-state index contributed by atoms with van der Waals surface area (Å²) in [6, 6.07) is 12.9. The lowest BCUT2D eigenvalue weighted by molar-refractivity contribution is 0.102. The van der Waals surface area contributed by atoms with Crippen LogP contribution in [-0.4, -0.2) is 16.9 Å². The molecule has 0 aliphatic carbocycles. The lowest BCUT2D eigenvalue weighted by Gasteiger charge is -2.18. The van der Waals surface area contributed by atoms with Crippen molar-refractivity contribution in [2.45, 2.75) is 13.5 Å². The zero-order valence-electron chi connectivity index (χ0n) is 13.6. The molecule has 0 fully saturated rings. The van der Waals surface area contributed by atoms with Gasteiger partial charge in [-0.1, -0.05) is 18.2 Å². The highest BCUT2D eigenvalue weighted by molar-refractivity contribution is 6.06. The molecule has 1 aliphatic heterocycles. The molecule has 0 radical (unpaired) electrons. The van der Waals surface area contributed by atoms with Crippen molar-refractivity contribution in [2.24, 2.45) is 0 Å². The van der Waals surface area contributed by atoms with E-state index in [1.54, 1.807) is 18.3 Å². The van der Waals surface area contributed by atoms with Gasteiger partial charge in [-0.25, -0.2) is 4.79 Å². The van der Waals surface area contributed by atoms with Crippen molar-refractivity contribution in [3.63, 3.8) is 0 Å². The number of carbonyl (C=O) groups excluding carboxylic acids is 2. The molecule has 124 valence electrons. The maximum atomic E-state index is 12.5. The average molecular weight is 332 g/mol. The number of carbonyl (C=O) groups is 2. The summed E-state index contributed by atoms with van der Waals surface area (Å²) in [5.74, 6) is -0.246. The summed E-state index contributed by atoms with van der Waals surface area (Å²) >= 11 is 0. The van der Waals surface area contributed by atoms with Crippen LogP contribution in [0.5, 0.6) is 0 Å². The third-order valence-electron chi connectivity index (χ3n) is 4.16. The van der Waals surface area contributed by atoms with Crippen molar-refractivity contribution in [3.05, 3.63) is 65.4 Å². The first kappa shape index (κ1) is 15.1. The number of aromatic nitrogens is 1. The number of anilines is 2. The zero-order valence-corrected chi connectivity index (χ0v) is 13.6. The molecule has 0 bridgehead atoms. The first-order valence-electron chi connectivity index (χ1n) is 7.94. The third kappa shape index (κ3) is 3.01. The zero-order chi connectivity index (χ0) is 17.4. The second-order valence-corrected chi connectivity index (χ2v) is 6.05. The Labute approximate surface area is 144 Å². The van der Waals surface area contributed by atoms with Crippen LogP contribution in [0, 0.1) is 6.92 Å². The monoisotopic (exact) mass is 332 g/mol. The van der Waals surface area contributed by atoms with Crippen LogP contribution in [0.3, 0.4) is 0 Å². The number of nitrogens with one attached hydrogen (secondary N) is 3. The van der Waals surface area contributed by atoms with E-state index in [1.807, 2.05) is 37.3 Å². The van der Waals surface area contributed by atoms with Crippen LogP contribution in [0.2, 0.25) is 0 Å². The fraction of sp³-hybridized carbons (Fsp3) is 0.105. The number of fused-ring (bicyclic) bond motifs is 2. The van der Waals surface area contributed by atoms with Gasteiger partial charge in [0.05, 0.1) is 17.4 Å². The van der Waals surface area contributed by atoms with Crippen LogP contribution in [0.4, 0.5) is 16.2 Å².